The minimum Gasteiger partial charge on any atom is -0.497 e. The van der Waals surface area contributed by atoms with Gasteiger partial charge in [-0.1, -0.05) is 48.4 Å². The highest BCUT2D eigenvalue weighted by atomic mass is 16.5. The van der Waals surface area contributed by atoms with Crippen LogP contribution in [0.2, 0.25) is 0 Å². The van der Waals surface area contributed by atoms with Gasteiger partial charge in [0.2, 0.25) is 0 Å². The highest BCUT2D eigenvalue weighted by Crippen LogP contribution is 2.29. The molecule has 1 atom stereocenters. The molecule has 1 N–H and O–H groups in total. The van der Waals surface area contributed by atoms with Crippen LogP contribution >= 0.6 is 0 Å². The molecule has 18 heavy (non-hydrogen) atoms. The van der Waals surface area contributed by atoms with Gasteiger partial charge in [-0.3, -0.25) is 0 Å². The number of aliphatic hydroxyl groups is 1. The fraction of sp³-hybridized carbons (Fsp3) is 0.125. The van der Waals surface area contributed by atoms with Crippen molar-refractivity contribution in [2.45, 2.75) is 5.60 Å². The van der Waals surface area contributed by atoms with Crippen LogP contribution in [-0.2, 0) is 5.60 Å². The first-order valence-corrected chi connectivity index (χ1v) is 5.61. The summed E-state index contributed by atoms with van der Waals surface area (Å²) in [7, 11) is 1.60. The van der Waals surface area contributed by atoms with Crippen LogP contribution in [0.1, 0.15) is 11.1 Å². The normalized spacial score (nSPS) is 13.4. The van der Waals surface area contributed by atoms with Crippen molar-refractivity contribution >= 4 is 0 Å². The van der Waals surface area contributed by atoms with Crippen molar-refractivity contribution in [1.82, 2.24) is 0 Å². The lowest BCUT2D eigenvalue weighted by molar-refractivity contribution is 0.145. The zero-order valence-electron chi connectivity index (χ0n) is 10.1. The molecule has 0 radical (unpaired) electrons. The smallest absolute Gasteiger partial charge is 0.176 e. The average Bonchev–Trinajstić information content (AvgIpc) is 2.47. The Kier molecular flexibility index (Phi) is 3.36. The summed E-state index contributed by atoms with van der Waals surface area (Å²) < 4.78 is 5.09. The molecule has 0 unspecified atom stereocenters. The van der Waals surface area contributed by atoms with E-state index in [1.807, 2.05) is 30.3 Å². The topological polar surface area (TPSA) is 29.5 Å². The van der Waals surface area contributed by atoms with Gasteiger partial charge in [-0.2, -0.15) is 0 Å². The van der Waals surface area contributed by atoms with Crippen molar-refractivity contribution in [2.24, 2.45) is 0 Å². The summed E-state index contributed by atoms with van der Waals surface area (Å²) in [5, 5.41) is 10.6. The number of ether oxygens (including phenoxy) is 1. The maximum atomic E-state index is 10.6. The van der Waals surface area contributed by atoms with Gasteiger partial charge in [0.1, 0.15) is 5.75 Å². The van der Waals surface area contributed by atoms with Crippen molar-refractivity contribution in [3.63, 3.8) is 0 Å². The highest BCUT2D eigenvalue weighted by molar-refractivity contribution is 5.44. The molecule has 90 valence electrons. The molecule has 2 rings (SSSR count). The summed E-state index contributed by atoms with van der Waals surface area (Å²) >= 11 is 0. The van der Waals surface area contributed by atoms with Gasteiger partial charge in [-0.05, 0) is 12.1 Å². The lowest BCUT2D eigenvalue weighted by Gasteiger charge is -2.23. The third-order valence-electron chi connectivity index (χ3n) is 2.91. The molecule has 0 saturated heterocycles. The first-order chi connectivity index (χ1) is 8.70. The van der Waals surface area contributed by atoms with E-state index < -0.39 is 5.60 Å². The van der Waals surface area contributed by atoms with Crippen molar-refractivity contribution < 1.29 is 9.84 Å². The van der Waals surface area contributed by atoms with Gasteiger partial charge < -0.3 is 9.84 Å². The Morgan fingerprint density at radius 2 is 1.56 bits per heavy atom. The van der Waals surface area contributed by atoms with Crippen molar-refractivity contribution in [3.8, 4) is 18.1 Å². The Balaban J connectivity index is 2.47. The lowest BCUT2D eigenvalue weighted by Crippen LogP contribution is -2.24. The van der Waals surface area contributed by atoms with Gasteiger partial charge in [-0.15, -0.1) is 6.42 Å². The second kappa shape index (κ2) is 4.95. The Morgan fingerprint density at radius 1 is 1.00 bits per heavy atom. The molecular weight excluding hydrogens is 224 g/mol. The van der Waals surface area contributed by atoms with E-state index >= 15 is 0 Å². The molecule has 0 heterocycles. The fourth-order valence-electron chi connectivity index (χ4n) is 1.84. The second-order valence-corrected chi connectivity index (χ2v) is 3.95. The van der Waals surface area contributed by atoms with Gasteiger partial charge in [-0.25, -0.2) is 0 Å². The minimum atomic E-state index is -1.41. The Bertz CT molecular complexity index is 552. The third-order valence-corrected chi connectivity index (χ3v) is 2.91. The molecular formula is C16H14O2. The number of rotatable bonds is 3. The van der Waals surface area contributed by atoms with E-state index in [0.717, 1.165) is 5.75 Å². The van der Waals surface area contributed by atoms with Crippen LogP contribution in [0, 0.1) is 12.3 Å². The van der Waals surface area contributed by atoms with E-state index in [0.29, 0.717) is 11.1 Å². The first-order valence-electron chi connectivity index (χ1n) is 5.61. The minimum absolute atomic E-state index is 0.650. The molecule has 0 aliphatic rings. The summed E-state index contributed by atoms with van der Waals surface area (Å²) in [5.74, 6) is 3.19. The standard InChI is InChI=1S/C16H14O2/c1-3-16(17,13-7-5-4-6-8-13)14-9-11-15(18-2)12-10-14/h1,4-12,17H,2H3/t16-/m0/s1. The molecule has 0 saturated carbocycles. The number of hydrogen-bond acceptors (Lipinski definition) is 2. The third kappa shape index (κ3) is 2.09. The van der Waals surface area contributed by atoms with Crippen molar-refractivity contribution in [2.75, 3.05) is 7.11 Å². The van der Waals surface area contributed by atoms with Crippen LogP contribution in [0.3, 0.4) is 0 Å². The average molecular weight is 238 g/mol. The predicted octanol–water partition coefficient (Wildman–Crippen LogP) is 2.56. The van der Waals surface area contributed by atoms with E-state index in [9.17, 15) is 5.11 Å². The monoisotopic (exact) mass is 238 g/mol. The zero-order chi connectivity index (χ0) is 13.0. The molecule has 2 aromatic rings. The molecule has 0 spiro atoms. The summed E-state index contributed by atoms with van der Waals surface area (Å²) in [6.07, 6.45) is 5.51. The molecule has 0 aliphatic carbocycles. The highest BCUT2D eigenvalue weighted by Gasteiger charge is 2.28. The van der Waals surface area contributed by atoms with Crippen LogP contribution < -0.4 is 4.74 Å². The fourth-order valence-corrected chi connectivity index (χ4v) is 1.84. The number of terminal acetylenes is 1. The molecule has 0 bridgehead atoms. The second-order valence-electron chi connectivity index (χ2n) is 3.95. The molecule has 2 nitrogen and oxygen atoms in total. The largest absolute Gasteiger partial charge is 0.497 e. The number of methoxy groups -OCH3 is 1. The van der Waals surface area contributed by atoms with Crippen LogP contribution in [0.15, 0.2) is 54.6 Å². The predicted molar refractivity (Wildman–Crippen MR) is 71.3 cm³/mol. The molecule has 0 aromatic heterocycles. The van der Waals surface area contributed by atoms with Gasteiger partial charge in [0, 0.05) is 11.1 Å². The van der Waals surface area contributed by atoms with Crippen LogP contribution in [0.5, 0.6) is 5.75 Å². The first kappa shape index (κ1) is 12.2. The van der Waals surface area contributed by atoms with Crippen molar-refractivity contribution in [1.29, 1.82) is 0 Å². The summed E-state index contributed by atoms with van der Waals surface area (Å²) in [6, 6.07) is 16.3. The van der Waals surface area contributed by atoms with E-state index in [1.54, 1.807) is 31.4 Å². The van der Waals surface area contributed by atoms with Gasteiger partial charge in [0.05, 0.1) is 7.11 Å². The molecule has 0 amide bonds. The Hall–Kier alpha value is -2.24. The van der Waals surface area contributed by atoms with Crippen molar-refractivity contribution in [3.05, 3.63) is 65.7 Å². The number of benzene rings is 2. The maximum Gasteiger partial charge on any atom is 0.176 e. The molecule has 2 heteroatoms. The summed E-state index contributed by atoms with van der Waals surface area (Å²) in [5.41, 5.74) is -0.0808. The van der Waals surface area contributed by atoms with E-state index in [2.05, 4.69) is 5.92 Å². The zero-order valence-corrected chi connectivity index (χ0v) is 10.1. The molecule has 0 fully saturated rings. The van der Waals surface area contributed by atoms with Gasteiger partial charge >= 0.3 is 0 Å². The quantitative estimate of drug-likeness (QED) is 0.833. The van der Waals surface area contributed by atoms with Gasteiger partial charge in [0.15, 0.2) is 5.60 Å². The molecule has 2 aromatic carbocycles. The Labute approximate surface area is 107 Å². The Morgan fingerprint density at radius 3 is 2.06 bits per heavy atom. The molecule has 0 aliphatic heterocycles. The maximum absolute atomic E-state index is 10.6. The summed E-state index contributed by atoms with van der Waals surface area (Å²) in [4.78, 5) is 0. The van der Waals surface area contributed by atoms with E-state index in [-0.39, 0.29) is 0 Å². The SMILES string of the molecule is C#C[C@](O)(c1ccccc1)c1ccc(OC)cc1. The van der Waals surface area contributed by atoms with Crippen LogP contribution in [-0.4, -0.2) is 12.2 Å². The van der Waals surface area contributed by atoms with Gasteiger partial charge in [0.25, 0.3) is 0 Å². The van der Waals surface area contributed by atoms with E-state index in [1.165, 1.54) is 0 Å². The van der Waals surface area contributed by atoms with Crippen LogP contribution in [0.25, 0.3) is 0 Å². The van der Waals surface area contributed by atoms with E-state index in [4.69, 9.17) is 11.2 Å². The summed E-state index contributed by atoms with van der Waals surface area (Å²) in [6.45, 7) is 0. The number of hydrogen-bond donors (Lipinski definition) is 1. The van der Waals surface area contributed by atoms with Crippen LogP contribution in [0.4, 0.5) is 0 Å². The lowest BCUT2D eigenvalue weighted by atomic mass is 9.87.